The molecule has 0 fully saturated rings. The van der Waals surface area contributed by atoms with Gasteiger partial charge in [-0.25, -0.2) is 4.98 Å². The van der Waals surface area contributed by atoms with Crippen molar-refractivity contribution in [1.82, 2.24) is 4.98 Å². The Morgan fingerprint density at radius 3 is 2.89 bits per heavy atom. The number of carbonyl (C=O) groups excluding carboxylic acids is 1. The molecule has 1 aromatic heterocycles. The number of thioether (sulfide) groups is 1. The molecule has 0 aliphatic carbocycles. The van der Waals surface area contributed by atoms with Gasteiger partial charge >= 0.3 is 0 Å². The van der Waals surface area contributed by atoms with Crippen molar-refractivity contribution in [2.75, 3.05) is 17.2 Å². The number of para-hydroxylation sites is 1. The molecule has 0 saturated heterocycles. The third-order valence-corrected chi connectivity index (χ3v) is 4.43. The fourth-order valence-electron chi connectivity index (χ4n) is 2.02. The zero-order valence-electron chi connectivity index (χ0n) is 10.0. The molecule has 3 nitrogen and oxygen atoms in total. The number of rotatable bonds is 1. The van der Waals surface area contributed by atoms with Gasteiger partial charge in [-0.2, -0.15) is 0 Å². The SMILES string of the molecule is O=C(c1ccc(Br)cn1)N1CCSc2ccccc21. The molecule has 0 saturated carbocycles. The Bertz CT molecular complexity index is 615. The van der Waals surface area contributed by atoms with Crippen LogP contribution < -0.4 is 4.90 Å². The van der Waals surface area contributed by atoms with Crippen LogP contribution in [-0.2, 0) is 0 Å². The second-order valence-corrected chi connectivity index (χ2v) is 6.19. The first kappa shape index (κ1) is 12.7. The summed E-state index contributed by atoms with van der Waals surface area (Å²) in [5.74, 6) is 0.875. The van der Waals surface area contributed by atoms with Crippen molar-refractivity contribution in [3.63, 3.8) is 0 Å². The standard InChI is InChI=1S/C14H11BrN2OS/c15-10-5-6-11(16-9-10)14(18)17-7-8-19-13-4-2-1-3-12(13)17/h1-6,9H,7-8H2. The highest BCUT2D eigenvalue weighted by Gasteiger charge is 2.24. The smallest absolute Gasteiger partial charge is 0.276 e. The maximum absolute atomic E-state index is 12.5. The van der Waals surface area contributed by atoms with Crippen LogP contribution in [0.2, 0.25) is 0 Å². The molecule has 1 aliphatic heterocycles. The van der Waals surface area contributed by atoms with E-state index >= 15 is 0 Å². The first-order chi connectivity index (χ1) is 9.25. The summed E-state index contributed by atoms with van der Waals surface area (Å²) in [4.78, 5) is 19.7. The van der Waals surface area contributed by atoms with E-state index in [4.69, 9.17) is 0 Å². The van der Waals surface area contributed by atoms with Crippen LogP contribution in [0.5, 0.6) is 0 Å². The van der Waals surface area contributed by atoms with E-state index in [-0.39, 0.29) is 5.91 Å². The number of halogens is 1. The minimum Gasteiger partial charge on any atom is -0.305 e. The molecule has 0 N–H and O–H groups in total. The van der Waals surface area contributed by atoms with Gasteiger partial charge < -0.3 is 4.90 Å². The summed E-state index contributed by atoms with van der Waals surface area (Å²) in [6, 6.07) is 11.6. The summed E-state index contributed by atoms with van der Waals surface area (Å²) in [6.07, 6.45) is 1.65. The molecule has 1 aliphatic rings. The largest absolute Gasteiger partial charge is 0.305 e. The summed E-state index contributed by atoms with van der Waals surface area (Å²) in [6.45, 7) is 0.720. The quantitative estimate of drug-likeness (QED) is 0.798. The van der Waals surface area contributed by atoms with Gasteiger partial charge in [0.1, 0.15) is 5.69 Å². The number of anilines is 1. The van der Waals surface area contributed by atoms with Gasteiger partial charge in [0.15, 0.2) is 0 Å². The van der Waals surface area contributed by atoms with Gasteiger partial charge in [-0.15, -0.1) is 11.8 Å². The Hall–Kier alpha value is -1.33. The number of fused-ring (bicyclic) bond motifs is 1. The molecule has 0 atom stereocenters. The van der Waals surface area contributed by atoms with E-state index in [1.165, 1.54) is 0 Å². The molecule has 96 valence electrons. The fraction of sp³-hybridized carbons (Fsp3) is 0.143. The molecule has 0 bridgehead atoms. The van der Waals surface area contributed by atoms with E-state index in [1.54, 1.807) is 24.0 Å². The zero-order valence-corrected chi connectivity index (χ0v) is 12.4. The lowest BCUT2D eigenvalue weighted by Crippen LogP contribution is -2.35. The summed E-state index contributed by atoms with van der Waals surface area (Å²) in [5.41, 5.74) is 1.46. The fourth-order valence-corrected chi connectivity index (χ4v) is 3.25. The number of nitrogens with zero attached hydrogens (tertiary/aromatic N) is 2. The van der Waals surface area contributed by atoms with Gasteiger partial charge in [-0.1, -0.05) is 12.1 Å². The molecular formula is C14H11BrN2OS. The van der Waals surface area contributed by atoms with E-state index in [2.05, 4.69) is 27.0 Å². The van der Waals surface area contributed by atoms with Crippen molar-refractivity contribution in [3.8, 4) is 0 Å². The van der Waals surface area contributed by atoms with Crippen molar-refractivity contribution in [3.05, 3.63) is 52.8 Å². The average molecular weight is 335 g/mol. The highest BCUT2D eigenvalue weighted by atomic mass is 79.9. The van der Waals surface area contributed by atoms with Gasteiger partial charge in [0.05, 0.1) is 5.69 Å². The first-order valence-electron chi connectivity index (χ1n) is 5.91. The van der Waals surface area contributed by atoms with Crippen molar-refractivity contribution in [2.24, 2.45) is 0 Å². The normalized spacial score (nSPS) is 14.1. The van der Waals surface area contributed by atoms with E-state index in [1.807, 2.05) is 29.2 Å². The first-order valence-corrected chi connectivity index (χ1v) is 7.69. The van der Waals surface area contributed by atoms with Crippen molar-refractivity contribution in [2.45, 2.75) is 4.90 Å². The van der Waals surface area contributed by atoms with Crippen molar-refractivity contribution >= 4 is 39.3 Å². The van der Waals surface area contributed by atoms with E-state index < -0.39 is 0 Å². The third kappa shape index (κ3) is 2.53. The van der Waals surface area contributed by atoms with Crippen LogP contribution in [-0.4, -0.2) is 23.2 Å². The molecule has 0 radical (unpaired) electrons. The molecule has 5 heteroatoms. The highest BCUT2D eigenvalue weighted by Crippen LogP contribution is 2.34. The lowest BCUT2D eigenvalue weighted by molar-refractivity contribution is 0.0983. The number of amides is 1. The lowest BCUT2D eigenvalue weighted by atomic mass is 10.2. The predicted octanol–water partition coefficient (Wildman–Crippen LogP) is 3.60. The molecular weight excluding hydrogens is 324 g/mol. The summed E-state index contributed by atoms with van der Waals surface area (Å²) < 4.78 is 0.874. The Labute approximate surface area is 124 Å². The van der Waals surface area contributed by atoms with Crippen LogP contribution in [0.1, 0.15) is 10.5 Å². The highest BCUT2D eigenvalue weighted by molar-refractivity contribution is 9.10. The molecule has 2 aromatic rings. The minimum absolute atomic E-state index is 0.0414. The van der Waals surface area contributed by atoms with Crippen LogP contribution in [0.25, 0.3) is 0 Å². The maximum Gasteiger partial charge on any atom is 0.276 e. The molecule has 19 heavy (non-hydrogen) atoms. The second kappa shape index (κ2) is 5.35. The van der Waals surface area contributed by atoms with Gasteiger partial charge in [-0.3, -0.25) is 4.79 Å². The van der Waals surface area contributed by atoms with Crippen LogP contribution in [0.15, 0.2) is 52.0 Å². The molecule has 2 heterocycles. The Kier molecular flexibility index (Phi) is 3.57. The lowest BCUT2D eigenvalue weighted by Gasteiger charge is -2.28. The summed E-state index contributed by atoms with van der Waals surface area (Å²) in [5, 5.41) is 0. The monoisotopic (exact) mass is 334 g/mol. The van der Waals surface area contributed by atoms with Gasteiger partial charge in [-0.05, 0) is 40.2 Å². The number of aromatic nitrogens is 1. The van der Waals surface area contributed by atoms with Gasteiger partial charge in [0.2, 0.25) is 0 Å². The number of carbonyl (C=O) groups is 1. The van der Waals surface area contributed by atoms with Crippen molar-refractivity contribution < 1.29 is 4.79 Å². The second-order valence-electron chi connectivity index (χ2n) is 4.13. The molecule has 0 unspecified atom stereocenters. The van der Waals surface area contributed by atoms with Crippen molar-refractivity contribution in [1.29, 1.82) is 0 Å². The number of pyridine rings is 1. The average Bonchev–Trinajstić information content (AvgIpc) is 2.47. The van der Waals surface area contributed by atoms with Gasteiger partial charge in [0.25, 0.3) is 5.91 Å². The van der Waals surface area contributed by atoms with Gasteiger partial charge in [0, 0.05) is 27.9 Å². The molecule has 3 rings (SSSR count). The van der Waals surface area contributed by atoms with E-state index in [9.17, 15) is 4.79 Å². The summed E-state index contributed by atoms with van der Waals surface area (Å²) >= 11 is 5.11. The van der Waals surface area contributed by atoms with Crippen LogP contribution in [0.4, 0.5) is 5.69 Å². The minimum atomic E-state index is -0.0414. The van der Waals surface area contributed by atoms with E-state index in [0.717, 1.165) is 27.4 Å². The van der Waals surface area contributed by atoms with E-state index in [0.29, 0.717) is 5.69 Å². The Morgan fingerprint density at radius 2 is 2.11 bits per heavy atom. The van der Waals surface area contributed by atoms with Crippen LogP contribution in [0, 0.1) is 0 Å². The molecule has 1 amide bonds. The molecule has 1 aromatic carbocycles. The molecule has 0 spiro atoms. The third-order valence-electron chi connectivity index (χ3n) is 2.92. The predicted molar refractivity (Wildman–Crippen MR) is 80.8 cm³/mol. The number of hydrogen-bond donors (Lipinski definition) is 0. The van der Waals surface area contributed by atoms with Crippen LogP contribution in [0.3, 0.4) is 0 Å². The summed E-state index contributed by atoms with van der Waals surface area (Å²) in [7, 11) is 0. The number of benzene rings is 1. The maximum atomic E-state index is 12.5. The Balaban J connectivity index is 1.95. The van der Waals surface area contributed by atoms with Crippen LogP contribution >= 0.6 is 27.7 Å². The number of hydrogen-bond acceptors (Lipinski definition) is 3. The topological polar surface area (TPSA) is 33.2 Å². The Morgan fingerprint density at radius 1 is 1.26 bits per heavy atom. The zero-order chi connectivity index (χ0) is 13.2.